The number of halogens is 2. The molecule has 0 N–H and O–H groups in total. The number of benzene rings is 2. The Bertz CT molecular complexity index is 859. The van der Waals surface area contributed by atoms with Gasteiger partial charge in [-0.3, -0.25) is 0 Å². The standard InChI is InChI=1S/C17H14BrClN2/c1-9-4-5-12(8-10(9)2)17-20-15-11(3)14(18)7-6-13(15)16(19)21-17/h4-8H,1-3H3. The highest BCUT2D eigenvalue weighted by Gasteiger charge is 2.11. The largest absolute Gasteiger partial charge is 0.228 e. The quantitative estimate of drug-likeness (QED) is 0.524. The summed E-state index contributed by atoms with van der Waals surface area (Å²) in [7, 11) is 0. The summed E-state index contributed by atoms with van der Waals surface area (Å²) in [6.07, 6.45) is 0. The van der Waals surface area contributed by atoms with E-state index in [1.807, 2.05) is 25.1 Å². The average Bonchev–Trinajstić information content (AvgIpc) is 2.46. The first-order valence-corrected chi connectivity index (χ1v) is 7.84. The van der Waals surface area contributed by atoms with Crippen LogP contribution in [0, 0.1) is 20.8 Å². The zero-order chi connectivity index (χ0) is 15.1. The predicted molar refractivity (Wildman–Crippen MR) is 91.9 cm³/mol. The maximum Gasteiger partial charge on any atom is 0.161 e. The van der Waals surface area contributed by atoms with Crippen molar-refractivity contribution < 1.29 is 0 Å². The molecule has 0 radical (unpaired) electrons. The van der Waals surface area contributed by atoms with Crippen LogP contribution in [0.15, 0.2) is 34.8 Å². The number of aryl methyl sites for hydroxylation is 3. The molecule has 0 saturated carbocycles. The van der Waals surface area contributed by atoms with Gasteiger partial charge in [0.15, 0.2) is 5.82 Å². The molecule has 0 fully saturated rings. The number of fused-ring (bicyclic) bond motifs is 1. The third-order valence-corrected chi connectivity index (χ3v) is 4.92. The van der Waals surface area contributed by atoms with Gasteiger partial charge >= 0.3 is 0 Å². The minimum Gasteiger partial charge on any atom is -0.228 e. The lowest BCUT2D eigenvalue weighted by atomic mass is 10.1. The van der Waals surface area contributed by atoms with Gasteiger partial charge in [-0.05, 0) is 55.7 Å². The van der Waals surface area contributed by atoms with Gasteiger partial charge in [-0.25, -0.2) is 9.97 Å². The highest BCUT2D eigenvalue weighted by molar-refractivity contribution is 9.10. The van der Waals surface area contributed by atoms with Gasteiger partial charge < -0.3 is 0 Å². The van der Waals surface area contributed by atoms with E-state index in [-0.39, 0.29) is 0 Å². The summed E-state index contributed by atoms with van der Waals surface area (Å²) in [5.74, 6) is 0.664. The second-order valence-corrected chi connectivity index (χ2v) is 6.42. The molecule has 21 heavy (non-hydrogen) atoms. The molecule has 2 aromatic carbocycles. The van der Waals surface area contributed by atoms with Crippen LogP contribution in [0.1, 0.15) is 16.7 Å². The van der Waals surface area contributed by atoms with Crippen molar-refractivity contribution in [1.29, 1.82) is 0 Å². The van der Waals surface area contributed by atoms with Crippen LogP contribution in [0.5, 0.6) is 0 Å². The van der Waals surface area contributed by atoms with Crippen molar-refractivity contribution in [3.63, 3.8) is 0 Å². The van der Waals surface area contributed by atoms with Gasteiger partial charge in [-0.2, -0.15) is 0 Å². The Morgan fingerprint density at radius 2 is 1.71 bits per heavy atom. The lowest BCUT2D eigenvalue weighted by molar-refractivity contribution is 1.20. The van der Waals surface area contributed by atoms with Crippen LogP contribution in [0.2, 0.25) is 5.15 Å². The summed E-state index contributed by atoms with van der Waals surface area (Å²) < 4.78 is 1.02. The SMILES string of the molecule is Cc1ccc(-c2nc(Cl)c3ccc(Br)c(C)c3n2)cc1C. The van der Waals surface area contributed by atoms with E-state index in [2.05, 4.69) is 46.9 Å². The van der Waals surface area contributed by atoms with Gasteiger partial charge in [0.1, 0.15) is 5.15 Å². The summed E-state index contributed by atoms with van der Waals surface area (Å²) in [4.78, 5) is 9.16. The molecule has 0 aliphatic rings. The summed E-state index contributed by atoms with van der Waals surface area (Å²) in [6, 6.07) is 10.1. The zero-order valence-corrected chi connectivity index (χ0v) is 14.4. The topological polar surface area (TPSA) is 25.8 Å². The lowest BCUT2D eigenvalue weighted by Crippen LogP contribution is -1.95. The molecule has 0 aliphatic heterocycles. The van der Waals surface area contributed by atoms with Crippen molar-refractivity contribution in [2.24, 2.45) is 0 Å². The maximum atomic E-state index is 6.34. The summed E-state index contributed by atoms with van der Waals surface area (Å²) in [5, 5.41) is 1.37. The number of hydrogen-bond donors (Lipinski definition) is 0. The van der Waals surface area contributed by atoms with Crippen molar-refractivity contribution in [2.75, 3.05) is 0 Å². The fourth-order valence-corrected chi connectivity index (χ4v) is 2.83. The first-order chi connectivity index (χ1) is 9.97. The van der Waals surface area contributed by atoms with Gasteiger partial charge in [0.05, 0.1) is 5.52 Å². The molecule has 4 heteroatoms. The van der Waals surface area contributed by atoms with Crippen molar-refractivity contribution in [3.05, 3.63) is 56.6 Å². The van der Waals surface area contributed by atoms with Gasteiger partial charge in [0, 0.05) is 15.4 Å². The van der Waals surface area contributed by atoms with Gasteiger partial charge in [-0.15, -0.1) is 0 Å². The molecule has 0 saturated heterocycles. The van der Waals surface area contributed by atoms with Crippen molar-refractivity contribution in [3.8, 4) is 11.4 Å². The van der Waals surface area contributed by atoms with E-state index in [1.54, 1.807) is 0 Å². The van der Waals surface area contributed by atoms with Crippen LogP contribution in [-0.4, -0.2) is 9.97 Å². The maximum absolute atomic E-state index is 6.34. The fraction of sp³-hybridized carbons (Fsp3) is 0.176. The van der Waals surface area contributed by atoms with E-state index >= 15 is 0 Å². The molecular formula is C17H14BrClN2. The summed E-state index contributed by atoms with van der Waals surface area (Å²) >= 11 is 9.88. The Hall–Kier alpha value is -1.45. The smallest absolute Gasteiger partial charge is 0.161 e. The summed E-state index contributed by atoms with van der Waals surface area (Å²) in [6.45, 7) is 6.21. The van der Waals surface area contributed by atoms with Gasteiger partial charge in [-0.1, -0.05) is 39.7 Å². The molecule has 0 aliphatic carbocycles. The van der Waals surface area contributed by atoms with E-state index in [0.717, 1.165) is 26.5 Å². The first-order valence-electron chi connectivity index (χ1n) is 6.67. The number of rotatable bonds is 1. The second kappa shape index (κ2) is 5.39. The minimum atomic E-state index is 0.490. The Kier molecular flexibility index (Phi) is 3.72. The van der Waals surface area contributed by atoms with Crippen LogP contribution in [0.4, 0.5) is 0 Å². The van der Waals surface area contributed by atoms with Gasteiger partial charge in [0.25, 0.3) is 0 Å². The van der Waals surface area contributed by atoms with E-state index in [9.17, 15) is 0 Å². The van der Waals surface area contributed by atoms with Crippen molar-refractivity contribution >= 4 is 38.4 Å². The molecule has 106 valence electrons. The average molecular weight is 362 g/mol. The summed E-state index contributed by atoms with van der Waals surface area (Å²) in [5.41, 5.74) is 5.42. The number of aromatic nitrogens is 2. The zero-order valence-electron chi connectivity index (χ0n) is 12.0. The lowest BCUT2D eigenvalue weighted by Gasteiger charge is -2.09. The monoisotopic (exact) mass is 360 g/mol. The van der Waals surface area contributed by atoms with Crippen LogP contribution < -0.4 is 0 Å². The second-order valence-electron chi connectivity index (χ2n) is 5.21. The van der Waals surface area contributed by atoms with E-state index in [0.29, 0.717) is 11.0 Å². The van der Waals surface area contributed by atoms with E-state index < -0.39 is 0 Å². The third kappa shape index (κ3) is 2.56. The van der Waals surface area contributed by atoms with Crippen LogP contribution >= 0.6 is 27.5 Å². The molecule has 1 aromatic heterocycles. The molecule has 0 atom stereocenters. The molecule has 3 aromatic rings. The Labute approximate surface area is 137 Å². The molecule has 1 heterocycles. The van der Waals surface area contributed by atoms with Gasteiger partial charge in [0.2, 0.25) is 0 Å². The molecule has 0 amide bonds. The molecule has 0 bridgehead atoms. The highest BCUT2D eigenvalue weighted by Crippen LogP contribution is 2.30. The Morgan fingerprint density at radius 1 is 0.952 bits per heavy atom. The third-order valence-electron chi connectivity index (χ3n) is 3.77. The Morgan fingerprint density at radius 3 is 2.43 bits per heavy atom. The van der Waals surface area contributed by atoms with Crippen LogP contribution in [0.25, 0.3) is 22.3 Å². The molecule has 3 rings (SSSR count). The number of nitrogens with zero attached hydrogens (tertiary/aromatic N) is 2. The molecular weight excluding hydrogens is 348 g/mol. The highest BCUT2D eigenvalue weighted by atomic mass is 79.9. The minimum absolute atomic E-state index is 0.490. The van der Waals surface area contributed by atoms with Crippen LogP contribution in [-0.2, 0) is 0 Å². The molecule has 2 nitrogen and oxygen atoms in total. The van der Waals surface area contributed by atoms with E-state index in [1.165, 1.54) is 11.1 Å². The van der Waals surface area contributed by atoms with Crippen molar-refractivity contribution in [1.82, 2.24) is 9.97 Å². The normalized spacial score (nSPS) is 11.1. The fourth-order valence-electron chi connectivity index (χ4n) is 2.28. The molecule has 0 unspecified atom stereocenters. The molecule has 0 spiro atoms. The van der Waals surface area contributed by atoms with Crippen molar-refractivity contribution in [2.45, 2.75) is 20.8 Å². The Balaban J connectivity index is 2.28. The van der Waals surface area contributed by atoms with Crippen LogP contribution in [0.3, 0.4) is 0 Å². The number of hydrogen-bond acceptors (Lipinski definition) is 2. The predicted octanol–water partition coefficient (Wildman–Crippen LogP) is 5.64. The first kappa shape index (κ1) is 14.5. The van der Waals surface area contributed by atoms with E-state index in [4.69, 9.17) is 16.6 Å².